The summed E-state index contributed by atoms with van der Waals surface area (Å²) in [4.78, 5) is 4.48. The van der Waals surface area contributed by atoms with Crippen LogP contribution in [0.15, 0.2) is 71.3 Å². The van der Waals surface area contributed by atoms with Crippen molar-refractivity contribution in [1.82, 2.24) is 10.1 Å². The first-order chi connectivity index (χ1) is 14.1. The Hall–Kier alpha value is -3.67. The molecule has 0 aliphatic heterocycles. The van der Waals surface area contributed by atoms with Crippen molar-refractivity contribution in [3.8, 4) is 34.3 Å². The van der Waals surface area contributed by atoms with E-state index in [0.717, 1.165) is 22.3 Å². The van der Waals surface area contributed by atoms with Gasteiger partial charge in [-0.1, -0.05) is 35.0 Å². The molecule has 0 aliphatic carbocycles. The van der Waals surface area contributed by atoms with E-state index in [1.165, 1.54) is 12.1 Å². The van der Waals surface area contributed by atoms with Crippen molar-refractivity contribution in [1.29, 1.82) is 0 Å². The second kappa shape index (κ2) is 8.14. The monoisotopic (exact) mass is 390 g/mol. The summed E-state index contributed by atoms with van der Waals surface area (Å²) < 4.78 is 29.7. The number of benzene rings is 3. The van der Waals surface area contributed by atoms with Crippen LogP contribution >= 0.6 is 0 Å². The molecule has 0 unspecified atom stereocenters. The summed E-state index contributed by atoms with van der Waals surface area (Å²) in [6.45, 7) is 2.32. The van der Waals surface area contributed by atoms with Crippen molar-refractivity contribution in [2.24, 2.45) is 0 Å². The minimum Gasteiger partial charge on any atom is -0.493 e. The molecule has 0 spiro atoms. The fraction of sp³-hybridized carbons (Fsp3) is 0.130. The third kappa shape index (κ3) is 4.27. The van der Waals surface area contributed by atoms with Gasteiger partial charge in [0.1, 0.15) is 12.4 Å². The van der Waals surface area contributed by atoms with E-state index in [1.807, 2.05) is 37.3 Å². The van der Waals surface area contributed by atoms with Gasteiger partial charge in [-0.25, -0.2) is 4.39 Å². The second-order valence-electron chi connectivity index (χ2n) is 6.57. The molecule has 0 fully saturated rings. The molecule has 146 valence electrons. The lowest BCUT2D eigenvalue weighted by Gasteiger charge is -2.11. The topological polar surface area (TPSA) is 57.4 Å². The zero-order valence-corrected chi connectivity index (χ0v) is 16.1. The molecule has 29 heavy (non-hydrogen) atoms. The van der Waals surface area contributed by atoms with Gasteiger partial charge in [-0.2, -0.15) is 4.98 Å². The fourth-order valence-electron chi connectivity index (χ4n) is 2.82. The maximum atomic E-state index is 13.0. The summed E-state index contributed by atoms with van der Waals surface area (Å²) in [6.07, 6.45) is 0. The Kier molecular flexibility index (Phi) is 5.24. The zero-order valence-electron chi connectivity index (χ0n) is 16.1. The summed E-state index contributed by atoms with van der Waals surface area (Å²) in [5.74, 6) is 1.76. The van der Waals surface area contributed by atoms with E-state index in [9.17, 15) is 4.39 Å². The number of rotatable bonds is 6. The van der Waals surface area contributed by atoms with E-state index in [2.05, 4.69) is 10.1 Å². The molecule has 0 aliphatic rings. The van der Waals surface area contributed by atoms with E-state index in [4.69, 9.17) is 14.0 Å². The molecule has 0 saturated heterocycles. The highest BCUT2D eigenvalue weighted by molar-refractivity contribution is 5.63. The van der Waals surface area contributed by atoms with E-state index < -0.39 is 0 Å². The molecule has 0 bridgehead atoms. The molecule has 0 radical (unpaired) electrons. The van der Waals surface area contributed by atoms with Crippen LogP contribution in [0.4, 0.5) is 4.39 Å². The summed E-state index contributed by atoms with van der Waals surface area (Å²) >= 11 is 0. The van der Waals surface area contributed by atoms with Crippen molar-refractivity contribution in [3.63, 3.8) is 0 Å². The number of ether oxygens (including phenoxy) is 2. The number of hydrogen-bond acceptors (Lipinski definition) is 5. The zero-order chi connectivity index (χ0) is 20.2. The van der Waals surface area contributed by atoms with E-state index in [1.54, 1.807) is 31.4 Å². The summed E-state index contributed by atoms with van der Waals surface area (Å²) in [7, 11) is 1.57. The fourth-order valence-corrected chi connectivity index (χ4v) is 2.82. The van der Waals surface area contributed by atoms with Crippen molar-refractivity contribution >= 4 is 0 Å². The number of halogens is 1. The molecular weight excluding hydrogens is 371 g/mol. The lowest BCUT2D eigenvalue weighted by Crippen LogP contribution is -1.98. The van der Waals surface area contributed by atoms with Crippen LogP contribution in [0.5, 0.6) is 11.5 Å². The third-order valence-electron chi connectivity index (χ3n) is 4.45. The Bertz CT molecular complexity index is 1110. The maximum absolute atomic E-state index is 13.0. The molecule has 4 rings (SSSR count). The van der Waals surface area contributed by atoms with E-state index >= 15 is 0 Å². The largest absolute Gasteiger partial charge is 0.493 e. The van der Waals surface area contributed by atoms with E-state index in [-0.39, 0.29) is 5.82 Å². The highest BCUT2D eigenvalue weighted by atomic mass is 19.1. The van der Waals surface area contributed by atoms with Gasteiger partial charge in [0.2, 0.25) is 5.82 Å². The summed E-state index contributed by atoms with van der Waals surface area (Å²) in [5, 5.41) is 4.07. The first-order valence-electron chi connectivity index (χ1n) is 9.09. The van der Waals surface area contributed by atoms with Crippen LogP contribution in [0.2, 0.25) is 0 Å². The van der Waals surface area contributed by atoms with Crippen LogP contribution in [0, 0.1) is 12.7 Å². The van der Waals surface area contributed by atoms with Gasteiger partial charge in [0.25, 0.3) is 5.89 Å². The molecule has 6 heteroatoms. The average molecular weight is 390 g/mol. The van der Waals surface area contributed by atoms with Crippen LogP contribution in [0.25, 0.3) is 22.8 Å². The number of hydrogen-bond donors (Lipinski definition) is 0. The van der Waals surface area contributed by atoms with Gasteiger partial charge in [-0.15, -0.1) is 0 Å². The first-order valence-corrected chi connectivity index (χ1v) is 9.09. The van der Waals surface area contributed by atoms with Crippen LogP contribution in [-0.2, 0) is 6.61 Å². The van der Waals surface area contributed by atoms with Gasteiger partial charge in [-0.3, -0.25) is 0 Å². The van der Waals surface area contributed by atoms with Crippen LogP contribution in [-0.4, -0.2) is 17.3 Å². The van der Waals surface area contributed by atoms with Crippen molar-refractivity contribution < 1.29 is 18.4 Å². The highest BCUT2D eigenvalue weighted by Gasteiger charge is 2.14. The average Bonchev–Trinajstić information content (AvgIpc) is 3.24. The normalized spacial score (nSPS) is 10.7. The van der Waals surface area contributed by atoms with Gasteiger partial charge in [0.15, 0.2) is 11.5 Å². The van der Waals surface area contributed by atoms with Crippen LogP contribution in [0.1, 0.15) is 11.1 Å². The maximum Gasteiger partial charge on any atom is 0.258 e. The molecule has 0 atom stereocenters. The Labute approximate surface area is 167 Å². The molecule has 0 saturated carbocycles. The van der Waals surface area contributed by atoms with Crippen molar-refractivity contribution in [2.75, 3.05) is 7.11 Å². The second-order valence-corrected chi connectivity index (χ2v) is 6.57. The smallest absolute Gasteiger partial charge is 0.258 e. The van der Waals surface area contributed by atoms with Gasteiger partial charge >= 0.3 is 0 Å². The molecule has 1 aromatic heterocycles. The standard InChI is InChI=1S/C23H19FN2O3/c1-15-3-7-17(8-4-15)23-25-22(26-29-23)18-9-12-20(21(13-18)27-2)28-14-16-5-10-19(24)11-6-16/h3-13H,14H2,1-2H3. The van der Waals surface area contributed by atoms with Gasteiger partial charge in [-0.05, 0) is 55.0 Å². The lowest BCUT2D eigenvalue weighted by atomic mass is 10.1. The molecule has 1 heterocycles. The molecule has 4 aromatic rings. The quantitative estimate of drug-likeness (QED) is 0.439. The minimum atomic E-state index is -0.277. The molecule has 0 N–H and O–H groups in total. The first kappa shape index (κ1) is 18.7. The molecular formula is C23H19FN2O3. The van der Waals surface area contributed by atoms with Gasteiger partial charge in [0.05, 0.1) is 7.11 Å². The molecule has 5 nitrogen and oxygen atoms in total. The van der Waals surface area contributed by atoms with Crippen LogP contribution < -0.4 is 9.47 Å². The van der Waals surface area contributed by atoms with Crippen molar-refractivity contribution in [3.05, 3.63) is 83.7 Å². The Morgan fingerprint density at radius 2 is 1.62 bits per heavy atom. The highest BCUT2D eigenvalue weighted by Crippen LogP contribution is 2.33. The summed E-state index contributed by atoms with van der Waals surface area (Å²) in [6, 6.07) is 19.5. The Morgan fingerprint density at radius 1 is 0.897 bits per heavy atom. The lowest BCUT2D eigenvalue weighted by molar-refractivity contribution is 0.284. The third-order valence-corrected chi connectivity index (χ3v) is 4.45. The van der Waals surface area contributed by atoms with Crippen molar-refractivity contribution in [2.45, 2.75) is 13.5 Å². The van der Waals surface area contributed by atoms with Crippen LogP contribution in [0.3, 0.4) is 0 Å². The molecule has 3 aromatic carbocycles. The minimum absolute atomic E-state index is 0.277. The molecule has 0 amide bonds. The van der Waals surface area contributed by atoms with Gasteiger partial charge in [0, 0.05) is 11.1 Å². The van der Waals surface area contributed by atoms with E-state index in [0.29, 0.717) is 29.8 Å². The predicted molar refractivity (Wildman–Crippen MR) is 107 cm³/mol. The van der Waals surface area contributed by atoms with Gasteiger partial charge < -0.3 is 14.0 Å². The number of methoxy groups -OCH3 is 1. The number of aryl methyl sites for hydroxylation is 1. The SMILES string of the molecule is COc1cc(-c2noc(-c3ccc(C)cc3)n2)ccc1OCc1ccc(F)cc1. The Morgan fingerprint density at radius 3 is 2.34 bits per heavy atom. The number of nitrogens with zero attached hydrogens (tertiary/aromatic N) is 2. The summed E-state index contributed by atoms with van der Waals surface area (Å²) in [5.41, 5.74) is 3.63. The predicted octanol–water partition coefficient (Wildman–Crippen LogP) is 5.44. The number of aromatic nitrogens is 2. The Balaban J connectivity index is 1.53.